The number of primary amides is 1. The zero-order valence-electron chi connectivity index (χ0n) is 22.9. The van der Waals surface area contributed by atoms with Crippen molar-refractivity contribution in [1.29, 1.82) is 0 Å². The standard InChI is InChI=1S/C28H33FN4O8/c1-32(2)20-13-9-11-8-12-14(29)10-15(31-27(40)16-6-4-5-7-33(16)3)21(34)18(12)22(35)17(11)24(37)28(13,41)25(38)19(23(20)36)26(30)39/h10-11,13,16,20,34,36-37,41H,4-9H2,1-3H3,(H2,30,39)(H,31,40)/t11?,13-,16-,20-,28-/m0/s1. The minimum atomic E-state index is -2.80. The van der Waals surface area contributed by atoms with E-state index in [9.17, 15) is 39.6 Å². The summed E-state index contributed by atoms with van der Waals surface area (Å²) in [6.45, 7) is 0.692. The fourth-order valence-corrected chi connectivity index (χ4v) is 6.99. The van der Waals surface area contributed by atoms with Crippen molar-refractivity contribution >= 4 is 29.1 Å². The average molecular weight is 573 g/mol. The van der Waals surface area contributed by atoms with E-state index in [0.717, 1.165) is 18.9 Å². The molecule has 5 rings (SSSR count). The second kappa shape index (κ2) is 9.93. The van der Waals surface area contributed by atoms with E-state index in [4.69, 9.17) is 5.73 Å². The number of hydrogen-bond donors (Lipinski definition) is 6. The van der Waals surface area contributed by atoms with E-state index in [0.29, 0.717) is 13.0 Å². The second-order valence-electron chi connectivity index (χ2n) is 11.6. The summed E-state index contributed by atoms with van der Waals surface area (Å²) in [7, 11) is 4.82. The number of amides is 2. The normalized spacial score (nSPS) is 30.2. The average Bonchev–Trinajstić information content (AvgIpc) is 2.89. The molecule has 3 aliphatic carbocycles. The molecule has 0 spiro atoms. The predicted molar refractivity (Wildman–Crippen MR) is 143 cm³/mol. The monoisotopic (exact) mass is 572 g/mol. The number of benzene rings is 1. The van der Waals surface area contributed by atoms with E-state index in [2.05, 4.69) is 5.32 Å². The summed E-state index contributed by atoms with van der Waals surface area (Å²) in [5.41, 5.74) is 0.245. The maximum atomic E-state index is 15.5. The van der Waals surface area contributed by atoms with Gasteiger partial charge in [-0.15, -0.1) is 0 Å². The molecule has 13 heteroatoms. The molecule has 1 aromatic rings. The summed E-state index contributed by atoms with van der Waals surface area (Å²) in [5.74, 6) is -9.60. The fraction of sp³-hybridized carbons (Fsp3) is 0.500. The lowest BCUT2D eigenvalue weighted by atomic mass is 9.58. The molecule has 1 fully saturated rings. The Hall–Kier alpha value is -3.81. The fourth-order valence-electron chi connectivity index (χ4n) is 6.99. The van der Waals surface area contributed by atoms with Crippen LogP contribution in [0.1, 0.15) is 41.6 Å². The van der Waals surface area contributed by atoms with Crippen LogP contribution in [0.25, 0.3) is 0 Å². The Labute approximate surface area is 234 Å². The lowest BCUT2D eigenvalue weighted by molar-refractivity contribution is -0.148. The number of nitrogens with one attached hydrogen (secondary N) is 1. The molecule has 0 saturated carbocycles. The molecule has 0 aromatic heterocycles. The molecule has 7 N–H and O–H groups in total. The highest BCUT2D eigenvalue weighted by molar-refractivity contribution is 6.25. The number of anilines is 1. The quantitative estimate of drug-likeness (QED) is 0.221. The maximum absolute atomic E-state index is 15.5. The van der Waals surface area contributed by atoms with Gasteiger partial charge in [0.25, 0.3) is 5.91 Å². The number of fused-ring (bicyclic) bond motifs is 3. The number of rotatable bonds is 4. The number of hydrogen-bond acceptors (Lipinski definition) is 10. The van der Waals surface area contributed by atoms with Gasteiger partial charge < -0.3 is 31.5 Å². The number of nitrogens with zero attached hydrogens (tertiary/aromatic N) is 2. The van der Waals surface area contributed by atoms with Gasteiger partial charge in [0, 0.05) is 23.1 Å². The maximum Gasteiger partial charge on any atom is 0.255 e. The van der Waals surface area contributed by atoms with Gasteiger partial charge in [-0.3, -0.25) is 29.0 Å². The highest BCUT2D eigenvalue weighted by Crippen LogP contribution is 2.53. The van der Waals surface area contributed by atoms with Gasteiger partial charge in [-0.1, -0.05) is 6.42 Å². The number of aromatic hydroxyl groups is 1. The number of carbonyl (C=O) groups is 4. The van der Waals surface area contributed by atoms with Gasteiger partial charge in [0.05, 0.1) is 23.3 Å². The van der Waals surface area contributed by atoms with Gasteiger partial charge in [0.15, 0.2) is 17.1 Å². The third-order valence-corrected chi connectivity index (χ3v) is 9.00. The molecular weight excluding hydrogens is 539 g/mol. The van der Waals surface area contributed by atoms with E-state index in [1.54, 1.807) is 7.05 Å². The third kappa shape index (κ3) is 4.13. The summed E-state index contributed by atoms with van der Waals surface area (Å²) in [6, 6.07) is -0.713. The lowest BCUT2D eigenvalue weighted by Gasteiger charge is -2.50. The number of carbonyl (C=O) groups excluding carboxylic acids is 4. The molecule has 41 heavy (non-hydrogen) atoms. The Morgan fingerprint density at radius 2 is 1.88 bits per heavy atom. The van der Waals surface area contributed by atoms with E-state index in [1.165, 1.54) is 19.0 Å². The predicted octanol–water partition coefficient (Wildman–Crippen LogP) is 0.683. The van der Waals surface area contributed by atoms with Crippen LogP contribution in [0.3, 0.4) is 0 Å². The number of nitrogens with two attached hydrogens (primary N) is 1. The first kappa shape index (κ1) is 28.7. The molecule has 220 valence electrons. The van der Waals surface area contributed by atoms with Gasteiger partial charge >= 0.3 is 0 Å². The van der Waals surface area contributed by atoms with Crippen LogP contribution in [0.4, 0.5) is 10.1 Å². The molecule has 1 aromatic carbocycles. The van der Waals surface area contributed by atoms with Crippen LogP contribution < -0.4 is 11.1 Å². The van der Waals surface area contributed by atoms with Crippen LogP contribution in [0, 0.1) is 17.7 Å². The van der Waals surface area contributed by atoms with Crippen LogP contribution in [0.5, 0.6) is 5.75 Å². The Bertz CT molecular complexity index is 1450. The van der Waals surface area contributed by atoms with Gasteiger partial charge in [0.2, 0.25) is 11.7 Å². The smallest absolute Gasteiger partial charge is 0.255 e. The zero-order valence-corrected chi connectivity index (χ0v) is 22.9. The number of piperidine rings is 1. The van der Waals surface area contributed by atoms with Crippen molar-refractivity contribution in [2.45, 2.75) is 49.8 Å². The van der Waals surface area contributed by atoms with E-state index in [1.807, 2.05) is 4.90 Å². The number of phenols is 1. The van der Waals surface area contributed by atoms with Crippen molar-refractivity contribution in [2.75, 3.05) is 33.0 Å². The molecule has 4 aliphatic rings. The molecule has 0 radical (unpaired) electrons. The number of likely N-dealkylation sites (N-methyl/N-ethyl adjacent to an activating group) is 2. The van der Waals surface area contributed by atoms with Crippen molar-refractivity contribution in [2.24, 2.45) is 17.6 Å². The molecular formula is C28H33FN4O8. The van der Waals surface area contributed by atoms with Gasteiger partial charge in [-0.05, 0) is 59.3 Å². The molecule has 12 nitrogen and oxygen atoms in total. The zero-order chi connectivity index (χ0) is 30.1. The van der Waals surface area contributed by atoms with Crippen LogP contribution >= 0.6 is 0 Å². The summed E-state index contributed by atoms with van der Waals surface area (Å²) < 4.78 is 15.5. The summed E-state index contributed by atoms with van der Waals surface area (Å²) >= 11 is 0. The van der Waals surface area contributed by atoms with Crippen molar-refractivity contribution in [3.8, 4) is 5.75 Å². The molecule has 1 aliphatic heterocycles. The van der Waals surface area contributed by atoms with Crippen LogP contribution in [-0.2, 0) is 20.8 Å². The number of halogens is 1. The molecule has 5 atom stereocenters. The van der Waals surface area contributed by atoms with Gasteiger partial charge in [-0.2, -0.15) is 0 Å². The first-order valence-electron chi connectivity index (χ1n) is 13.4. The van der Waals surface area contributed by atoms with Gasteiger partial charge in [0.1, 0.15) is 22.9 Å². The number of allylic oxidation sites excluding steroid dienone is 1. The molecule has 2 amide bonds. The Morgan fingerprint density at radius 3 is 2.49 bits per heavy atom. The minimum Gasteiger partial charge on any atom is -0.510 e. The van der Waals surface area contributed by atoms with Crippen molar-refractivity contribution < 1.29 is 44.0 Å². The SMILES string of the molecule is CN(C)[C@@H]1C(O)=C(C(N)=O)C(=O)[C@@]2(O)C(O)=C3C(=O)c4c(O)c(NC(=O)[C@@H]5CCCCN5C)cc(F)c4CC3C[C@@H]12. The number of ketones is 2. The van der Waals surface area contributed by atoms with Crippen LogP contribution in [-0.4, -0.2) is 99.0 Å². The van der Waals surface area contributed by atoms with Crippen LogP contribution in [0.2, 0.25) is 0 Å². The topological polar surface area (TPSA) is 194 Å². The Balaban J connectivity index is 1.60. The van der Waals surface area contributed by atoms with E-state index in [-0.39, 0.29) is 24.1 Å². The van der Waals surface area contributed by atoms with E-state index < -0.39 is 92.7 Å². The highest BCUT2D eigenvalue weighted by Gasteiger charge is 2.63. The molecule has 1 unspecified atom stereocenters. The van der Waals surface area contributed by atoms with Gasteiger partial charge in [-0.25, -0.2) is 4.39 Å². The molecule has 1 heterocycles. The van der Waals surface area contributed by atoms with E-state index >= 15 is 4.39 Å². The van der Waals surface area contributed by atoms with Crippen LogP contribution in [0.15, 0.2) is 28.7 Å². The van der Waals surface area contributed by atoms with Crippen molar-refractivity contribution in [3.05, 3.63) is 45.7 Å². The molecule has 1 saturated heterocycles. The summed E-state index contributed by atoms with van der Waals surface area (Å²) in [5, 5.41) is 47.4. The van der Waals surface area contributed by atoms with Crippen molar-refractivity contribution in [1.82, 2.24) is 9.80 Å². The largest absolute Gasteiger partial charge is 0.510 e. The Kier molecular flexibility index (Phi) is 6.95. The first-order chi connectivity index (χ1) is 19.2. The number of phenolic OH excluding ortho intramolecular Hbond substituents is 1. The molecule has 0 bridgehead atoms. The summed E-state index contributed by atoms with van der Waals surface area (Å²) in [6.07, 6.45) is 1.97. The number of aliphatic hydroxyl groups is 3. The van der Waals surface area contributed by atoms with Crippen molar-refractivity contribution in [3.63, 3.8) is 0 Å². The minimum absolute atomic E-state index is 0.145. The first-order valence-corrected chi connectivity index (χ1v) is 13.4. The lowest BCUT2D eigenvalue weighted by Crippen LogP contribution is -2.63. The summed E-state index contributed by atoms with van der Waals surface area (Å²) in [4.78, 5) is 55.5. The number of likely N-dealkylation sites (tertiary alicyclic amines) is 1. The third-order valence-electron chi connectivity index (χ3n) is 9.00. The number of aliphatic hydroxyl groups excluding tert-OH is 2. The highest BCUT2D eigenvalue weighted by atomic mass is 19.1. The number of Topliss-reactive ketones (excluding diaryl/α,β-unsaturated/α-hetero) is 2. The Morgan fingerprint density at radius 1 is 1.20 bits per heavy atom. The second-order valence-corrected chi connectivity index (χ2v) is 11.6.